The Hall–Kier alpha value is -2.97. The fourth-order valence-electron chi connectivity index (χ4n) is 4.81. The van der Waals surface area contributed by atoms with Gasteiger partial charge >= 0.3 is 0 Å². The van der Waals surface area contributed by atoms with Crippen molar-refractivity contribution in [1.29, 1.82) is 0 Å². The molecular formula is C27H20OS. The topological polar surface area (TPSA) is 17.1 Å². The van der Waals surface area contributed by atoms with Crippen molar-refractivity contribution in [2.75, 3.05) is 0 Å². The summed E-state index contributed by atoms with van der Waals surface area (Å²) < 4.78 is 1.19. The summed E-state index contributed by atoms with van der Waals surface area (Å²) in [5.41, 5.74) is 5.39. The zero-order valence-corrected chi connectivity index (χ0v) is 16.8. The number of aryl methyl sites for hydroxylation is 1. The molecule has 0 spiro atoms. The van der Waals surface area contributed by atoms with E-state index in [0.717, 1.165) is 24.1 Å². The molecule has 0 amide bonds. The lowest BCUT2D eigenvalue weighted by Gasteiger charge is -2.21. The van der Waals surface area contributed by atoms with Crippen LogP contribution in [0.15, 0.2) is 66.7 Å². The summed E-state index contributed by atoms with van der Waals surface area (Å²) in [5, 5.41) is 3.76. The van der Waals surface area contributed by atoms with Gasteiger partial charge in [-0.2, -0.15) is 0 Å². The Bertz CT molecular complexity index is 1370. The fourth-order valence-corrected chi connectivity index (χ4v) is 5.88. The van der Waals surface area contributed by atoms with Crippen LogP contribution in [0.3, 0.4) is 0 Å². The van der Waals surface area contributed by atoms with Crippen LogP contribution in [0, 0.1) is 5.92 Å². The number of ketones is 1. The van der Waals surface area contributed by atoms with Crippen LogP contribution in [0.1, 0.15) is 27.2 Å². The lowest BCUT2D eigenvalue weighted by Crippen LogP contribution is -2.36. The Balaban J connectivity index is 1.47. The lowest BCUT2D eigenvalue weighted by atomic mass is 9.83. The number of Topliss-reactive ketones (excluding diaryl/α,β-unsaturated/α-hetero) is 1. The van der Waals surface area contributed by atoms with Gasteiger partial charge in [-0.3, -0.25) is 4.79 Å². The van der Waals surface area contributed by atoms with Gasteiger partial charge in [-0.05, 0) is 69.5 Å². The van der Waals surface area contributed by atoms with Crippen molar-refractivity contribution in [2.45, 2.75) is 19.3 Å². The third kappa shape index (κ3) is 2.71. The number of benzene rings is 3. The number of carbonyl (C=O) groups is 1. The minimum absolute atomic E-state index is 0.0346. The molecule has 3 aromatic carbocycles. The summed E-state index contributed by atoms with van der Waals surface area (Å²) in [4.78, 5) is 14.2. The van der Waals surface area contributed by atoms with Gasteiger partial charge in [0.1, 0.15) is 0 Å². The molecule has 2 aliphatic carbocycles. The Morgan fingerprint density at radius 3 is 2.66 bits per heavy atom. The highest BCUT2D eigenvalue weighted by molar-refractivity contribution is 7.20. The van der Waals surface area contributed by atoms with Crippen molar-refractivity contribution in [3.63, 3.8) is 0 Å². The highest BCUT2D eigenvalue weighted by Gasteiger charge is 2.24. The van der Waals surface area contributed by atoms with Gasteiger partial charge in [0.15, 0.2) is 5.78 Å². The van der Waals surface area contributed by atoms with Crippen molar-refractivity contribution >= 4 is 39.4 Å². The van der Waals surface area contributed by atoms with Crippen molar-refractivity contribution < 1.29 is 4.79 Å². The second-order valence-electron chi connectivity index (χ2n) is 7.99. The van der Waals surface area contributed by atoms with Gasteiger partial charge in [0, 0.05) is 10.6 Å². The van der Waals surface area contributed by atoms with Gasteiger partial charge in [0.25, 0.3) is 0 Å². The molecule has 29 heavy (non-hydrogen) atoms. The molecule has 0 radical (unpaired) electrons. The van der Waals surface area contributed by atoms with Crippen LogP contribution in [0.4, 0.5) is 0 Å². The maximum Gasteiger partial charge on any atom is 0.179 e. The van der Waals surface area contributed by atoms with Crippen LogP contribution in [0.2, 0.25) is 0 Å². The molecule has 0 saturated carbocycles. The maximum absolute atomic E-state index is 13.3. The molecule has 0 fully saturated rings. The molecule has 0 aliphatic heterocycles. The van der Waals surface area contributed by atoms with Crippen molar-refractivity contribution in [3.8, 4) is 11.1 Å². The highest BCUT2D eigenvalue weighted by Crippen LogP contribution is 2.30. The van der Waals surface area contributed by atoms with E-state index < -0.39 is 0 Å². The molecule has 0 bridgehead atoms. The number of hydrogen-bond donors (Lipinski definition) is 0. The van der Waals surface area contributed by atoms with Crippen LogP contribution >= 0.6 is 11.3 Å². The van der Waals surface area contributed by atoms with Crippen LogP contribution in [-0.4, -0.2) is 5.78 Å². The minimum atomic E-state index is -0.0346. The van der Waals surface area contributed by atoms with Gasteiger partial charge in [-0.1, -0.05) is 66.7 Å². The van der Waals surface area contributed by atoms with E-state index in [4.69, 9.17) is 0 Å². The fraction of sp³-hybridized carbons (Fsp3) is 0.148. The van der Waals surface area contributed by atoms with Gasteiger partial charge in [0.2, 0.25) is 0 Å². The minimum Gasteiger partial charge on any atom is -0.293 e. The van der Waals surface area contributed by atoms with Crippen molar-refractivity contribution in [1.82, 2.24) is 0 Å². The molecular weight excluding hydrogens is 372 g/mol. The molecule has 1 nitrogen and oxygen atoms in total. The molecule has 1 unspecified atom stereocenters. The third-order valence-electron chi connectivity index (χ3n) is 6.31. The smallest absolute Gasteiger partial charge is 0.179 e. The Labute approximate surface area is 173 Å². The normalized spacial score (nSPS) is 16.9. The first-order valence-corrected chi connectivity index (χ1v) is 11.0. The maximum atomic E-state index is 13.3. The summed E-state index contributed by atoms with van der Waals surface area (Å²) in [6, 6.07) is 23.5. The molecule has 140 valence electrons. The second kappa shape index (κ2) is 6.53. The van der Waals surface area contributed by atoms with E-state index in [0.29, 0.717) is 0 Å². The first-order valence-electron chi connectivity index (χ1n) is 10.2. The molecule has 0 N–H and O–H groups in total. The van der Waals surface area contributed by atoms with E-state index in [-0.39, 0.29) is 11.7 Å². The third-order valence-corrected chi connectivity index (χ3v) is 7.44. The highest BCUT2D eigenvalue weighted by atomic mass is 32.1. The largest absolute Gasteiger partial charge is 0.293 e. The average molecular weight is 393 g/mol. The van der Waals surface area contributed by atoms with E-state index in [1.165, 1.54) is 42.8 Å². The lowest BCUT2D eigenvalue weighted by molar-refractivity contribution is 0.0951. The Morgan fingerprint density at radius 1 is 0.862 bits per heavy atom. The number of carbonyl (C=O) groups excluding carboxylic acids is 1. The zero-order chi connectivity index (χ0) is 19.4. The summed E-state index contributed by atoms with van der Waals surface area (Å²) in [6.07, 6.45) is 7.42. The van der Waals surface area contributed by atoms with Crippen molar-refractivity contribution in [3.05, 3.63) is 93.2 Å². The number of hydrogen-bond acceptors (Lipinski definition) is 2. The van der Waals surface area contributed by atoms with Gasteiger partial charge in [0.05, 0.1) is 4.88 Å². The summed E-state index contributed by atoms with van der Waals surface area (Å²) in [6.45, 7) is 0. The Morgan fingerprint density at radius 2 is 1.72 bits per heavy atom. The molecule has 2 aliphatic rings. The van der Waals surface area contributed by atoms with E-state index in [2.05, 4.69) is 66.7 Å². The van der Waals surface area contributed by atoms with E-state index in [1.807, 2.05) is 12.1 Å². The summed E-state index contributed by atoms with van der Waals surface area (Å²) in [5.74, 6) is 0.235. The van der Waals surface area contributed by atoms with Gasteiger partial charge < -0.3 is 0 Å². The van der Waals surface area contributed by atoms with Crippen LogP contribution in [-0.2, 0) is 12.8 Å². The molecule has 0 saturated heterocycles. The molecule has 1 atom stereocenters. The first-order chi connectivity index (χ1) is 14.3. The quantitative estimate of drug-likeness (QED) is 0.432. The van der Waals surface area contributed by atoms with Crippen LogP contribution < -0.4 is 10.4 Å². The van der Waals surface area contributed by atoms with Crippen LogP contribution in [0.5, 0.6) is 0 Å². The molecule has 1 aromatic heterocycles. The zero-order valence-electron chi connectivity index (χ0n) is 16.0. The predicted molar refractivity (Wildman–Crippen MR) is 122 cm³/mol. The molecule has 2 heteroatoms. The van der Waals surface area contributed by atoms with Crippen LogP contribution in [0.25, 0.3) is 33.4 Å². The Kier molecular flexibility index (Phi) is 3.82. The number of rotatable bonds is 2. The number of thiophene rings is 1. The van der Waals surface area contributed by atoms with E-state index >= 15 is 0 Å². The standard InChI is InChI=1S/C27H20OS/c28-27(26-16-19-6-2-4-8-25(19)29-26)20-10-9-18-12-13-22-21-7-3-1-5-17(21)11-14-23(22)24(18)15-20/h1-8,12-16,20H,9-11H2. The van der Waals surface area contributed by atoms with Gasteiger partial charge in [-0.15, -0.1) is 11.3 Å². The SMILES string of the molecule is O=C(c1cc2ccccc2s1)C1C=c2c(ccc3c2=CCc2ccccc2-3)CC1. The number of fused-ring (bicyclic) bond motifs is 6. The summed E-state index contributed by atoms with van der Waals surface area (Å²) >= 11 is 1.62. The second-order valence-corrected chi connectivity index (χ2v) is 9.07. The summed E-state index contributed by atoms with van der Waals surface area (Å²) in [7, 11) is 0. The molecule has 6 rings (SSSR count). The molecule has 1 heterocycles. The van der Waals surface area contributed by atoms with Gasteiger partial charge in [-0.25, -0.2) is 0 Å². The van der Waals surface area contributed by atoms with E-state index in [1.54, 1.807) is 11.3 Å². The van der Waals surface area contributed by atoms with Crippen molar-refractivity contribution in [2.24, 2.45) is 5.92 Å². The first kappa shape index (κ1) is 16.9. The van der Waals surface area contributed by atoms with E-state index in [9.17, 15) is 4.79 Å². The average Bonchev–Trinajstić information content (AvgIpc) is 3.22. The predicted octanol–water partition coefficient (Wildman–Crippen LogP) is 5.13. The molecule has 4 aromatic rings. The monoisotopic (exact) mass is 392 g/mol.